The first-order valence-electron chi connectivity index (χ1n) is 11.0. The van der Waals surface area contributed by atoms with Gasteiger partial charge in [0.25, 0.3) is 0 Å². The van der Waals surface area contributed by atoms with Gasteiger partial charge in [-0.05, 0) is 42.5 Å². The molecule has 2 aromatic carbocycles. The molecule has 1 saturated heterocycles. The summed E-state index contributed by atoms with van der Waals surface area (Å²) in [6, 6.07) is 16.1. The number of carbonyl (C=O) groups excluding carboxylic acids is 2. The van der Waals surface area contributed by atoms with Gasteiger partial charge in [-0.2, -0.15) is 0 Å². The van der Waals surface area contributed by atoms with Gasteiger partial charge in [0.15, 0.2) is 0 Å². The maximum Gasteiger partial charge on any atom is 0.408 e. The Morgan fingerprint density at radius 1 is 1.06 bits per heavy atom. The van der Waals surface area contributed by atoms with Crippen LogP contribution in [0.15, 0.2) is 48.5 Å². The van der Waals surface area contributed by atoms with Crippen molar-refractivity contribution in [3.05, 3.63) is 59.7 Å². The Kier molecular flexibility index (Phi) is 6.37. The van der Waals surface area contributed by atoms with E-state index >= 15 is 0 Å². The summed E-state index contributed by atoms with van der Waals surface area (Å²) in [4.78, 5) is 36.2. The third kappa shape index (κ3) is 4.85. The van der Waals surface area contributed by atoms with Crippen molar-refractivity contribution in [2.45, 2.75) is 37.8 Å². The molecule has 8 nitrogen and oxygen atoms in total. The number of hydrogen-bond acceptors (Lipinski definition) is 5. The van der Waals surface area contributed by atoms with Crippen molar-refractivity contribution >= 4 is 18.0 Å². The van der Waals surface area contributed by atoms with Gasteiger partial charge in [-0.15, -0.1) is 0 Å². The summed E-state index contributed by atoms with van der Waals surface area (Å²) in [6.45, 7) is 3.64. The number of carbonyl (C=O) groups is 3. The summed E-state index contributed by atoms with van der Waals surface area (Å²) in [5.74, 6) is -1.93. The van der Waals surface area contributed by atoms with Gasteiger partial charge < -0.3 is 25.2 Å². The van der Waals surface area contributed by atoms with Gasteiger partial charge in [0.1, 0.15) is 12.1 Å². The number of carboxylic acid groups (broad SMARTS) is 1. The summed E-state index contributed by atoms with van der Waals surface area (Å²) in [5.41, 5.74) is 3.29. The predicted molar refractivity (Wildman–Crippen MR) is 121 cm³/mol. The highest BCUT2D eigenvalue weighted by molar-refractivity contribution is 5.89. The average molecular weight is 453 g/mol. The minimum absolute atomic E-state index is 0.0678. The summed E-state index contributed by atoms with van der Waals surface area (Å²) in [6.07, 6.45) is -0.698. The number of fused-ring (bicyclic) bond motifs is 3. The van der Waals surface area contributed by atoms with Crippen LogP contribution in [0.25, 0.3) is 11.1 Å². The fourth-order valence-electron chi connectivity index (χ4n) is 4.39. The second-order valence-corrected chi connectivity index (χ2v) is 9.01. The van der Waals surface area contributed by atoms with Gasteiger partial charge >= 0.3 is 12.1 Å². The van der Waals surface area contributed by atoms with Crippen LogP contribution in [0.1, 0.15) is 37.3 Å². The Morgan fingerprint density at radius 2 is 1.67 bits per heavy atom. The highest BCUT2D eigenvalue weighted by Gasteiger charge is 2.35. The molecule has 33 heavy (non-hydrogen) atoms. The molecule has 2 atom stereocenters. The SMILES string of the molecule is CC(C)(NC(=O)OCC1c2ccccc2-c2ccccc21)C(=O)NC[C@@H]1C[C@H](C(=O)O)CO1. The minimum atomic E-state index is -1.21. The fourth-order valence-corrected chi connectivity index (χ4v) is 4.39. The number of alkyl carbamates (subject to hydrolysis) is 1. The first-order valence-corrected chi connectivity index (χ1v) is 11.0. The van der Waals surface area contributed by atoms with Crippen LogP contribution >= 0.6 is 0 Å². The van der Waals surface area contributed by atoms with Gasteiger partial charge in [-0.25, -0.2) is 4.79 Å². The van der Waals surface area contributed by atoms with Gasteiger partial charge in [-0.3, -0.25) is 9.59 Å². The molecule has 1 heterocycles. The molecule has 1 aliphatic carbocycles. The Morgan fingerprint density at radius 3 is 2.24 bits per heavy atom. The summed E-state index contributed by atoms with van der Waals surface area (Å²) < 4.78 is 10.9. The number of ether oxygens (including phenoxy) is 2. The number of carboxylic acids is 1. The van der Waals surface area contributed by atoms with Crippen molar-refractivity contribution in [1.29, 1.82) is 0 Å². The van der Waals surface area contributed by atoms with E-state index in [2.05, 4.69) is 22.8 Å². The van der Waals surface area contributed by atoms with Gasteiger partial charge in [0.05, 0.1) is 18.6 Å². The molecule has 1 aliphatic heterocycles. The lowest BCUT2D eigenvalue weighted by Crippen LogP contribution is -2.55. The molecule has 2 aliphatic rings. The van der Waals surface area contributed by atoms with E-state index in [-0.39, 0.29) is 31.8 Å². The number of aliphatic carboxylic acids is 1. The fraction of sp³-hybridized carbons (Fsp3) is 0.400. The van der Waals surface area contributed by atoms with E-state index < -0.39 is 29.4 Å². The number of benzene rings is 2. The zero-order valence-corrected chi connectivity index (χ0v) is 18.7. The van der Waals surface area contributed by atoms with E-state index in [4.69, 9.17) is 14.6 Å². The van der Waals surface area contributed by atoms with Crippen LogP contribution in [0, 0.1) is 5.92 Å². The summed E-state index contributed by atoms with van der Waals surface area (Å²) in [5, 5.41) is 14.4. The van der Waals surface area contributed by atoms with Crippen LogP contribution in [-0.2, 0) is 19.1 Å². The summed E-state index contributed by atoms with van der Waals surface area (Å²) in [7, 11) is 0. The van der Waals surface area contributed by atoms with Crippen molar-refractivity contribution in [3.63, 3.8) is 0 Å². The second-order valence-electron chi connectivity index (χ2n) is 9.01. The van der Waals surface area contributed by atoms with E-state index in [0.29, 0.717) is 6.42 Å². The maximum absolute atomic E-state index is 12.6. The minimum Gasteiger partial charge on any atom is -0.481 e. The molecule has 8 heteroatoms. The Bertz CT molecular complexity index is 1020. The van der Waals surface area contributed by atoms with E-state index in [9.17, 15) is 14.4 Å². The normalized spacial score (nSPS) is 19.5. The maximum atomic E-state index is 12.6. The lowest BCUT2D eigenvalue weighted by Gasteiger charge is -2.26. The zero-order valence-electron chi connectivity index (χ0n) is 18.7. The molecular formula is C25H28N2O6. The lowest BCUT2D eigenvalue weighted by molar-refractivity contribution is -0.141. The monoisotopic (exact) mass is 452 g/mol. The van der Waals surface area contributed by atoms with Crippen molar-refractivity contribution < 1.29 is 29.0 Å². The third-order valence-corrected chi connectivity index (χ3v) is 6.25. The Labute approximate surface area is 192 Å². The number of hydrogen-bond donors (Lipinski definition) is 3. The number of rotatable bonds is 7. The van der Waals surface area contributed by atoms with E-state index in [1.54, 1.807) is 13.8 Å². The molecule has 2 aromatic rings. The molecule has 0 radical (unpaired) electrons. The second kappa shape index (κ2) is 9.23. The van der Waals surface area contributed by atoms with Gasteiger partial charge in [0, 0.05) is 12.5 Å². The largest absolute Gasteiger partial charge is 0.481 e. The van der Waals surface area contributed by atoms with Crippen LogP contribution in [0.2, 0.25) is 0 Å². The summed E-state index contributed by atoms with van der Waals surface area (Å²) >= 11 is 0. The zero-order chi connectivity index (χ0) is 23.6. The molecule has 0 unspecified atom stereocenters. The highest BCUT2D eigenvalue weighted by atomic mass is 16.5. The van der Waals surface area contributed by atoms with Crippen LogP contribution in [0.4, 0.5) is 4.79 Å². The van der Waals surface area contributed by atoms with E-state index in [0.717, 1.165) is 22.3 Å². The van der Waals surface area contributed by atoms with Crippen molar-refractivity contribution in [3.8, 4) is 11.1 Å². The van der Waals surface area contributed by atoms with E-state index in [1.165, 1.54) is 0 Å². The average Bonchev–Trinajstić information content (AvgIpc) is 3.39. The third-order valence-electron chi connectivity index (χ3n) is 6.25. The Hall–Kier alpha value is -3.39. The Balaban J connectivity index is 1.30. The molecular weight excluding hydrogens is 424 g/mol. The van der Waals surface area contributed by atoms with E-state index in [1.807, 2.05) is 36.4 Å². The smallest absolute Gasteiger partial charge is 0.408 e. The van der Waals surface area contributed by atoms with Crippen molar-refractivity contribution in [2.24, 2.45) is 5.92 Å². The predicted octanol–water partition coefficient (Wildman–Crippen LogP) is 2.91. The molecule has 3 N–H and O–H groups in total. The first-order chi connectivity index (χ1) is 15.8. The molecule has 0 aromatic heterocycles. The van der Waals surface area contributed by atoms with Gasteiger partial charge in [-0.1, -0.05) is 48.5 Å². The topological polar surface area (TPSA) is 114 Å². The first kappa shape index (κ1) is 22.8. The van der Waals surface area contributed by atoms with Gasteiger partial charge in [0.2, 0.25) is 5.91 Å². The molecule has 4 rings (SSSR count). The molecule has 174 valence electrons. The number of nitrogens with one attached hydrogen (secondary N) is 2. The molecule has 1 fully saturated rings. The number of amides is 2. The standard InChI is InChI=1S/C25H28N2O6/c1-25(2,23(30)26-12-16-11-15(13-32-16)22(28)29)27-24(31)33-14-21-19-9-5-3-7-17(19)18-8-4-6-10-20(18)21/h3-10,15-16,21H,11-14H2,1-2H3,(H,26,30)(H,27,31)(H,28,29)/t15-,16-/m0/s1. The molecule has 0 spiro atoms. The van der Waals surface area contributed by atoms with Crippen molar-refractivity contribution in [1.82, 2.24) is 10.6 Å². The van der Waals surface area contributed by atoms with Crippen LogP contribution in [0.5, 0.6) is 0 Å². The molecule has 0 saturated carbocycles. The van der Waals surface area contributed by atoms with Crippen LogP contribution in [-0.4, -0.2) is 54.5 Å². The molecule has 0 bridgehead atoms. The lowest BCUT2D eigenvalue weighted by atomic mass is 9.98. The van der Waals surface area contributed by atoms with Crippen LogP contribution in [0.3, 0.4) is 0 Å². The van der Waals surface area contributed by atoms with Crippen molar-refractivity contribution in [2.75, 3.05) is 19.8 Å². The van der Waals surface area contributed by atoms with Crippen LogP contribution < -0.4 is 10.6 Å². The molecule has 2 amide bonds. The quantitative estimate of drug-likeness (QED) is 0.595. The highest BCUT2D eigenvalue weighted by Crippen LogP contribution is 2.44.